The summed E-state index contributed by atoms with van der Waals surface area (Å²) in [6.07, 6.45) is 1.52. The summed E-state index contributed by atoms with van der Waals surface area (Å²) in [6, 6.07) is 5.70. The number of ether oxygens (including phenoxy) is 1. The molecule has 0 fully saturated rings. The van der Waals surface area contributed by atoms with Crippen LogP contribution in [0.3, 0.4) is 0 Å². The van der Waals surface area contributed by atoms with Crippen LogP contribution in [-0.2, 0) is 6.42 Å². The van der Waals surface area contributed by atoms with Crippen LogP contribution >= 0.6 is 12.4 Å². The molecule has 16 heavy (non-hydrogen) atoms. The normalized spacial score (nSPS) is 17.2. The molecule has 4 nitrogen and oxygen atoms in total. The van der Waals surface area contributed by atoms with Gasteiger partial charge in [0.25, 0.3) is 0 Å². The Morgan fingerprint density at radius 1 is 1.56 bits per heavy atom. The number of nitrogens with two attached hydrogens (primary N) is 1. The van der Waals surface area contributed by atoms with Gasteiger partial charge in [0.2, 0.25) is 0 Å². The minimum Gasteiger partial charge on any atom is -0.410 e. The Hall–Kier alpha value is -1.26. The third kappa shape index (κ3) is 2.46. The van der Waals surface area contributed by atoms with Gasteiger partial charge in [0, 0.05) is 13.1 Å². The van der Waals surface area contributed by atoms with Gasteiger partial charge >= 0.3 is 6.09 Å². The van der Waals surface area contributed by atoms with Crippen LogP contribution in [-0.4, -0.2) is 13.1 Å². The van der Waals surface area contributed by atoms with Crippen molar-refractivity contribution in [3.8, 4) is 5.75 Å². The molecule has 1 aliphatic rings. The fourth-order valence-corrected chi connectivity index (χ4v) is 1.83. The molecule has 2 rings (SSSR count). The molecule has 0 aliphatic heterocycles. The van der Waals surface area contributed by atoms with Crippen molar-refractivity contribution in [3.05, 3.63) is 29.3 Å². The van der Waals surface area contributed by atoms with E-state index in [-0.39, 0.29) is 18.4 Å². The maximum atomic E-state index is 11.0. The largest absolute Gasteiger partial charge is 0.412 e. The highest BCUT2D eigenvalue weighted by molar-refractivity contribution is 5.85. The molecule has 0 aromatic heterocycles. The summed E-state index contributed by atoms with van der Waals surface area (Å²) in [5.41, 5.74) is 8.27. The number of carbonyl (C=O) groups is 1. The van der Waals surface area contributed by atoms with E-state index in [0.717, 1.165) is 18.4 Å². The minimum atomic E-state index is -0.457. The number of fused-ring (bicyclic) bond motifs is 1. The Kier molecular flexibility index (Phi) is 4.15. The predicted octanol–water partition coefficient (Wildman–Crippen LogP) is 1.77. The summed E-state index contributed by atoms with van der Waals surface area (Å²) >= 11 is 0. The van der Waals surface area contributed by atoms with Crippen LogP contribution in [0.5, 0.6) is 5.75 Å². The first-order valence-corrected chi connectivity index (χ1v) is 4.98. The number of rotatable bonds is 1. The van der Waals surface area contributed by atoms with Gasteiger partial charge < -0.3 is 15.8 Å². The Bertz CT molecular complexity index is 396. The minimum absolute atomic E-state index is 0. The maximum absolute atomic E-state index is 11.0. The molecule has 3 N–H and O–H groups in total. The highest BCUT2D eigenvalue weighted by Gasteiger charge is 2.19. The van der Waals surface area contributed by atoms with E-state index in [1.807, 2.05) is 12.1 Å². The standard InChI is InChI=1S/C11H14N2O2.ClH/c1-13-11(14)15-8-4-2-7-3-5-10(12)9(7)6-8;/h2,4,6,10H,3,5,12H2,1H3,(H,13,14);1H. The van der Waals surface area contributed by atoms with Gasteiger partial charge in [-0.3, -0.25) is 0 Å². The number of aryl methyl sites for hydroxylation is 1. The van der Waals surface area contributed by atoms with Gasteiger partial charge in [0.05, 0.1) is 0 Å². The van der Waals surface area contributed by atoms with E-state index < -0.39 is 6.09 Å². The van der Waals surface area contributed by atoms with E-state index in [9.17, 15) is 4.79 Å². The maximum Gasteiger partial charge on any atom is 0.412 e. The lowest BCUT2D eigenvalue weighted by molar-refractivity contribution is 0.203. The van der Waals surface area contributed by atoms with Gasteiger partial charge in [-0.1, -0.05) is 6.07 Å². The highest BCUT2D eigenvalue weighted by Crippen LogP contribution is 2.31. The number of hydrogen-bond donors (Lipinski definition) is 2. The van der Waals surface area contributed by atoms with Crippen LogP contribution in [0.15, 0.2) is 18.2 Å². The van der Waals surface area contributed by atoms with Crippen molar-refractivity contribution in [2.24, 2.45) is 5.73 Å². The molecule has 0 heterocycles. The number of hydrogen-bond acceptors (Lipinski definition) is 3. The Labute approximate surface area is 101 Å². The fraction of sp³-hybridized carbons (Fsp3) is 0.364. The van der Waals surface area contributed by atoms with Gasteiger partial charge in [-0.05, 0) is 36.1 Å². The van der Waals surface area contributed by atoms with Crippen molar-refractivity contribution in [1.82, 2.24) is 5.32 Å². The first-order chi connectivity index (χ1) is 7.20. The molecule has 1 unspecified atom stereocenters. The van der Waals surface area contributed by atoms with Crippen molar-refractivity contribution < 1.29 is 9.53 Å². The summed E-state index contributed by atoms with van der Waals surface area (Å²) in [4.78, 5) is 11.0. The molecule has 1 amide bonds. The Morgan fingerprint density at radius 2 is 2.31 bits per heavy atom. The SMILES string of the molecule is CNC(=O)Oc1ccc2c(c1)C(N)CC2.Cl. The lowest BCUT2D eigenvalue weighted by atomic mass is 10.1. The molecule has 1 aliphatic carbocycles. The van der Waals surface area contributed by atoms with Crippen molar-refractivity contribution >= 4 is 18.5 Å². The summed E-state index contributed by atoms with van der Waals surface area (Å²) in [5.74, 6) is 0.547. The summed E-state index contributed by atoms with van der Waals surface area (Å²) in [6.45, 7) is 0. The second-order valence-electron chi connectivity index (χ2n) is 3.65. The molecule has 1 aromatic rings. The average molecular weight is 243 g/mol. The van der Waals surface area contributed by atoms with E-state index in [4.69, 9.17) is 10.5 Å². The van der Waals surface area contributed by atoms with Crippen molar-refractivity contribution in [3.63, 3.8) is 0 Å². The van der Waals surface area contributed by atoms with Crippen molar-refractivity contribution in [1.29, 1.82) is 0 Å². The molecule has 0 bridgehead atoms. The quantitative estimate of drug-likeness (QED) is 0.789. The highest BCUT2D eigenvalue weighted by atomic mass is 35.5. The lowest BCUT2D eigenvalue weighted by Crippen LogP contribution is -2.22. The topological polar surface area (TPSA) is 64.3 Å². The Balaban J connectivity index is 0.00000128. The van der Waals surface area contributed by atoms with E-state index in [2.05, 4.69) is 5.32 Å². The number of carbonyl (C=O) groups excluding carboxylic acids is 1. The zero-order valence-electron chi connectivity index (χ0n) is 9.03. The van der Waals surface area contributed by atoms with Crippen LogP contribution in [0.25, 0.3) is 0 Å². The monoisotopic (exact) mass is 242 g/mol. The molecule has 0 saturated heterocycles. The number of halogens is 1. The summed E-state index contributed by atoms with van der Waals surface area (Å²) in [7, 11) is 1.53. The molecule has 88 valence electrons. The molecular formula is C11H15ClN2O2. The predicted molar refractivity (Wildman–Crippen MR) is 64.0 cm³/mol. The summed E-state index contributed by atoms with van der Waals surface area (Å²) < 4.78 is 5.03. The van der Waals surface area contributed by atoms with Crippen LogP contribution in [0.1, 0.15) is 23.6 Å². The number of amides is 1. The van der Waals surface area contributed by atoms with Gasteiger partial charge in [-0.25, -0.2) is 4.79 Å². The lowest BCUT2D eigenvalue weighted by Gasteiger charge is -2.08. The fourth-order valence-electron chi connectivity index (χ4n) is 1.83. The first kappa shape index (κ1) is 12.8. The Morgan fingerprint density at radius 3 is 3.00 bits per heavy atom. The molecule has 1 atom stereocenters. The zero-order valence-corrected chi connectivity index (χ0v) is 9.84. The van der Waals surface area contributed by atoms with Crippen LogP contribution < -0.4 is 15.8 Å². The van der Waals surface area contributed by atoms with E-state index in [0.29, 0.717) is 5.75 Å². The van der Waals surface area contributed by atoms with Gasteiger partial charge in [0.15, 0.2) is 0 Å². The zero-order chi connectivity index (χ0) is 10.8. The molecular weight excluding hydrogens is 228 g/mol. The average Bonchev–Trinajstić information content (AvgIpc) is 2.60. The van der Waals surface area contributed by atoms with E-state index in [1.165, 1.54) is 12.6 Å². The van der Waals surface area contributed by atoms with E-state index >= 15 is 0 Å². The van der Waals surface area contributed by atoms with Crippen molar-refractivity contribution in [2.45, 2.75) is 18.9 Å². The van der Waals surface area contributed by atoms with Crippen molar-refractivity contribution in [2.75, 3.05) is 7.05 Å². The molecule has 0 saturated carbocycles. The smallest absolute Gasteiger partial charge is 0.410 e. The molecule has 0 spiro atoms. The number of benzene rings is 1. The van der Waals surface area contributed by atoms with Gasteiger partial charge in [0.1, 0.15) is 5.75 Å². The first-order valence-electron chi connectivity index (χ1n) is 4.98. The summed E-state index contributed by atoms with van der Waals surface area (Å²) in [5, 5.41) is 2.40. The van der Waals surface area contributed by atoms with Gasteiger partial charge in [-0.2, -0.15) is 0 Å². The van der Waals surface area contributed by atoms with Crippen LogP contribution in [0.2, 0.25) is 0 Å². The second kappa shape index (κ2) is 5.18. The van der Waals surface area contributed by atoms with Crippen LogP contribution in [0.4, 0.5) is 4.79 Å². The molecule has 0 radical (unpaired) electrons. The molecule has 5 heteroatoms. The third-order valence-corrected chi connectivity index (χ3v) is 2.66. The van der Waals surface area contributed by atoms with Crippen LogP contribution in [0, 0.1) is 0 Å². The van der Waals surface area contributed by atoms with E-state index in [1.54, 1.807) is 6.07 Å². The number of nitrogens with one attached hydrogen (secondary N) is 1. The van der Waals surface area contributed by atoms with Gasteiger partial charge in [-0.15, -0.1) is 12.4 Å². The second-order valence-corrected chi connectivity index (χ2v) is 3.65. The molecule has 1 aromatic carbocycles. The third-order valence-electron chi connectivity index (χ3n) is 2.66.